The molecule has 0 aliphatic carbocycles. The summed E-state index contributed by atoms with van der Waals surface area (Å²) in [6, 6.07) is 17.4. The number of hydrogen-bond donors (Lipinski definition) is 1. The van der Waals surface area contributed by atoms with E-state index in [-0.39, 0.29) is 18.7 Å². The molecular weight excluding hydrogens is 388 g/mol. The number of carboxylic acid groups (broad SMARTS) is 1. The molecule has 0 atom stereocenters. The molecule has 6 nitrogen and oxygen atoms in total. The Kier molecular flexibility index (Phi) is 6.97. The number of thiazole rings is 1. The number of nitrogens with zero attached hydrogens (tertiary/aromatic N) is 2. The fourth-order valence-corrected chi connectivity index (χ4v) is 3.72. The molecule has 0 saturated carbocycles. The Morgan fingerprint density at radius 2 is 1.79 bits per heavy atom. The molecule has 150 valence electrons. The molecule has 0 fully saturated rings. The number of anilines is 1. The van der Waals surface area contributed by atoms with E-state index in [0.29, 0.717) is 18.1 Å². The van der Waals surface area contributed by atoms with Crippen LogP contribution in [0.25, 0.3) is 11.3 Å². The van der Waals surface area contributed by atoms with Gasteiger partial charge in [-0.2, -0.15) is 0 Å². The maximum absolute atomic E-state index is 12.7. The monoisotopic (exact) mass is 410 g/mol. The number of benzene rings is 2. The molecule has 0 radical (unpaired) electrons. The number of ether oxygens (including phenoxy) is 1. The van der Waals surface area contributed by atoms with E-state index < -0.39 is 5.97 Å². The standard InChI is InChI=1S/C22H22N2O4S/c1-28-18-9-7-17(8-10-18)19-15-29-22(23-19)24(20(25)11-12-21(26)27)14-13-16-5-3-2-4-6-16/h2-10,15H,11-14H2,1H3,(H,26,27). The first kappa shape index (κ1) is 20.5. The van der Waals surface area contributed by atoms with Gasteiger partial charge >= 0.3 is 5.97 Å². The molecule has 0 aliphatic rings. The SMILES string of the molecule is COc1ccc(-c2csc(N(CCc3ccccc3)C(=O)CCC(=O)O)n2)cc1. The van der Waals surface area contributed by atoms with Gasteiger partial charge in [0.05, 0.1) is 19.2 Å². The quantitative estimate of drug-likeness (QED) is 0.570. The summed E-state index contributed by atoms with van der Waals surface area (Å²) in [7, 11) is 1.61. The van der Waals surface area contributed by atoms with Gasteiger partial charge < -0.3 is 9.84 Å². The molecule has 1 N–H and O–H groups in total. The lowest BCUT2D eigenvalue weighted by Gasteiger charge is -2.19. The van der Waals surface area contributed by atoms with Crippen LogP contribution in [0.2, 0.25) is 0 Å². The predicted octanol–water partition coefficient (Wildman–Crippen LogP) is 4.26. The molecule has 29 heavy (non-hydrogen) atoms. The van der Waals surface area contributed by atoms with Crippen molar-refractivity contribution in [2.24, 2.45) is 0 Å². The molecule has 0 bridgehead atoms. The molecule has 0 saturated heterocycles. The van der Waals surface area contributed by atoms with Gasteiger partial charge in [0.25, 0.3) is 0 Å². The van der Waals surface area contributed by atoms with Crippen molar-refractivity contribution in [2.45, 2.75) is 19.3 Å². The van der Waals surface area contributed by atoms with Gasteiger partial charge in [0.15, 0.2) is 5.13 Å². The van der Waals surface area contributed by atoms with Crippen molar-refractivity contribution in [3.8, 4) is 17.0 Å². The average Bonchev–Trinajstić information content (AvgIpc) is 3.23. The number of amides is 1. The third-order valence-corrected chi connectivity index (χ3v) is 5.29. The number of hydrogen-bond acceptors (Lipinski definition) is 5. The summed E-state index contributed by atoms with van der Waals surface area (Å²) >= 11 is 1.38. The molecule has 3 rings (SSSR count). The van der Waals surface area contributed by atoms with E-state index in [9.17, 15) is 9.59 Å². The van der Waals surface area contributed by atoms with Gasteiger partial charge in [0.2, 0.25) is 5.91 Å². The highest BCUT2D eigenvalue weighted by Gasteiger charge is 2.20. The topological polar surface area (TPSA) is 79.7 Å². The molecule has 1 amide bonds. The van der Waals surface area contributed by atoms with Crippen LogP contribution in [-0.2, 0) is 16.0 Å². The number of rotatable bonds is 9. The highest BCUT2D eigenvalue weighted by molar-refractivity contribution is 7.14. The summed E-state index contributed by atoms with van der Waals surface area (Å²) in [6.45, 7) is 0.442. The van der Waals surface area contributed by atoms with Gasteiger partial charge in [-0.05, 0) is 36.2 Å². The Morgan fingerprint density at radius 3 is 2.45 bits per heavy atom. The van der Waals surface area contributed by atoms with Crippen LogP contribution >= 0.6 is 11.3 Å². The normalized spacial score (nSPS) is 10.5. The smallest absolute Gasteiger partial charge is 0.303 e. The van der Waals surface area contributed by atoms with Gasteiger partial charge in [-0.3, -0.25) is 14.5 Å². The molecule has 3 aromatic rings. The van der Waals surface area contributed by atoms with Crippen molar-refractivity contribution in [3.63, 3.8) is 0 Å². The highest BCUT2D eigenvalue weighted by atomic mass is 32.1. The lowest BCUT2D eigenvalue weighted by Crippen LogP contribution is -2.33. The average molecular weight is 410 g/mol. The molecule has 0 spiro atoms. The zero-order chi connectivity index (χ0) is 20.6. The van der Waals surface area contributed by atoms with E-state index in [1.54, 1.807) is 12.0 Å². The zero-order valence-electron chi connectivity index (χ0n) is 16.1. The summed E-state index contributed by atoms with van der Waals surface area (Å²) in [6.07, 6.45) is 0.413. The summed E-state index contributed by atoms with van der Waals surface area (Å²) in [5, 5.41) is 11.4. The predicted molar refractivity (Wildman–Crippen MR) is 113 cm³/mol. The van der Waals surface area contributed by atoms with Gasteiger partial charge in [0.1, 0.15) is 5.75 Å². The van der Waals surface area contributed by atoms with E-state index in [0.717, 1.165) is 22.6 Å². The first-order valence-electron chi connectivity index (χ1n) is 9.23. The van der Waals surface area contributed by atoms with Gasteiger partial charge in [0, 0.05) is 23.9 Å². The van der Waals surface area contributed by atoms with Crippen LogP contribution in [0.4, 0.5) is 5.13 Å². The summed E-state index contributed by atoms with van der Waals surface area (Å²) < 4.78 is 5.18. The Morgan fingerprint density at radius 1 is 1.07 bits per heavy atom. The van der Waals surface area contributed by atoms with Crippen molar-refractivity contribution in [2.75, 3.05) is 18.6 Å². The summed E-state index contributed by atoms with van der Waals surface area (Å²) in [4.78, 5) is 29.8. The minimum absolute atomic E-state index is 0.0540. The van der Waals surface area contributed by atoms with Crippen LogP contribution in [0.15, 0.2) is 60.0 Å². The Labute approximate surface area is 173 Å². The highest BCUT2D eigenvalue weighted by Crippen LogP contribution is 2.29. The fraction of sp³-hybridized carbons (Fsp3) is 0.227. The molecule has 0 aliphatic heterocycles. The van der Waals surface area contributed by atoms with Crippen molar-refractivity contribution in [3.05, 3.63) is 65.5 Å². The van der Waals surface area contributed by atoms with E-state index in [4.69, 9.17) is 9.84 Å². The van der Waals surface area contributed by atoms with Crippen LogP contribution in [-0.4, -0.2) is 35.6 Å². The van der Waals surface area contributed by atoms with Gasteiger partial charge in [-0.1, -0.05) is 30.3 Å². The third-order valence-electron chi connectivity index (χ3n) is 4.43. The van der Waals surface area contributed by atoms with Crippen LogP contribution in [0.3, 0.4) is 0 Å². The van der Waals surface area contributed by atoms with E-state index in [1.165, 1.54) is 11.3 Å². The number of aromatic nitrogens is 1. The lowest BCUT2D eigenvalue weighted by atomic mass is 10.1. The van der Waals surface area contributed by atoms with Gasteiger partial charge in [-0.25, -0.2) is 4.98 Å². The molecular formula is C22H22N2O4S. The molecule has 1 aromatic heterocycles. The van der Waals surface area contributed by atoms with Crippen molar-refractivity contribution < 1.29 is 19.4 Å². The third kappa shape index (κ3) is 5.65. The number of carbonyl (C=O) groups is 2. The fourth-order valence-electron chi connectivity index (χ4n) is 2.84. The number of aliphatic carboxylic acids is 1. The second-order valence-electron chi connectivity index (χ2n) is 6.42. The number of carboxylic acids is 1. The Bertz CT molecular complexity index is 954. The Balaban J connectivity index is 1.79. The van der Waals surface area contributed by atoms with Gasteiger partial charge in [-0.15, -0.1) is 11.3 Å². The second kappa shape index (κ2) is 9.84. The second-order valence-corrected chi connectivity index (χ2v) is 7.26. The first-order valence-corrected chi connectivity index (χ1v) is 10.1. The summed E-state index contributed by atoms with van der Waals surface area (Å²) in [5.41, 5.74) is 2.80. The first-order chi connectivity index (χ1) is 14.1. The minimum atomic E-state index is -0.987. The molecule has 0 unspecified atom stereocenters. The number of carbonyl (C=O) groups excluding carboxylic acids is 1. The van der Waals surface area contributed by atoms with Crippen LogP contribution in [0.5, 0.6) is 5.75 Å². The summed E-state index contributed by atoms with van der Waals surface area (Å²) in [5.74, 6) is -0.462. The van der Waals surface area contributed by atoms with E-state index in [2.05, 4.69) is 4.98 Å². The maximum Gasteiger partial charge on any atom is 0.303 e. The van der Waals surface area contributed by atoms with Crippen molar-refractivity contribution in [1.29, 1.82) is 0 Å². The van der Waals surface area contributed by atoms with Crippen LogP contribution in [0, 0.1) is 0 Å². The Hall–Kier alpha value is -3.19. The lowest BCUT2D eigenvalue weighted by molar-refractivity contribution is -0.138. The van der Waals surface area contributed by atoms with Crippen LogP contribution < -0.4 is 9.64 Å². The largest absolute Gasteiger partial charge is 0.497 e. The molecule has 7 heteroatoms. The molecule has 2 aromatic carbocycles. The minimum Gasteiger partial charge on any atom is -0.497 e. The van der Waals surface area contributed by atoms with E-state index >= 15 is 0 Å². The van der Waals surface area contributed by atoms with Crippen molar-refractivity contribution in [1.82, 2.24) is 4.98 Å². The van der Waals surface area contributed by atoms with E-state index in [1.807, 2.05) is 60.0 Å². The number of methoxy groups -OCH3 is 1. The maximum atomic E-state index is 12.7. The van der Waals surface area contributed by atoms with Crippen LogP contribution in [0.1, 0.15) is 18.4 Å². The zero-order valence-corrected chi connectivity index (χ0v) is 16.9. The van der Waals surface area contributed by atoms with Crippen molar-refractivity contribution >= 4 is 28.3 Å². The molecule has 1 heterocycles.